The summed E-state index contributed by atoms with van der Waals surface area (Å²) in [6.45, 7) is 3.22. The Morgan fingerprint density at radius 2 is 1.02 bits per heavy atom. The lowest BCUT2D eigenvalue weighted by molar-refractivity contribution is -0.298. The number of carbonyl (C=O) groups excluding carboxylic acids is 1. The van der Waals surface area contributed by atoms with Crippen LogP contribution in [0.5, 0.6) is 0 Å². The van der Waals surface area contributed by atoms with Gasteiger partial charge in [-0.1, -0.05) is 204 Å². The van der Waals surface area contributed by atoms with Gasteiger partial charge in [-0.3, -0.25) is 9.35 Å². The SMILES string of the molecule is CCCCCCCCCCC/C=C/CC/C=C/C(O)C(COC1OC(CO)C(O)C(OS(=O)(=O)O)C1O)NC(=O)C(O)CCCCCCCC/C=C\CCCCCCCCCCCCCC. The number of rotatable bonds is 45. The Kier molecular flexibility index (Phi) is 39.8. The van der Waals surface area contributed by atoms with Crippen LogP contribution in [0.15, 0.2) is 36.5 Å². The lowest BCUT2D eigenvalue weighted by Crippen LogP contribution is -2.61. The third kappa shape index (κ3) is 33.7. The van der Waals surface area contributed by atoms with E-state index in [1.54, 1.807) is 6.08 Å². The Hall–Kier alpha value is -1.72. The number of allylic oxidation sites excluding steroid dienone is 5. The molecule has 0 aromatic heterocycles. The van der Waals surface area contributed by atoms with Gasteiger partial charge in [-0.15, -0.1) is 0 Å². The van der Waals surface area contributed by atoms with Crippen molar-refractivity contribution < 1.29 is 57.0 Å². The van der Waals surface area contributed by atoms with Gasteiger partial charge < -0.3 is 40.3 Å². The van der Waals surface area contributed by atoms with Crippen molar-refractivity contribution in [2.24, 2.45) is 0 Å². The van der Waals surface area contributed by atoms with E-state index in [9.17, 15) is 43.3 Å². The minimum atomic E-state index is -5.13. The molecule has 0 radical (unpaired) electrons. The first-order chi connectivity index (χ1) is 31.9. The highest BCUT2D eigenvalue weighted by Gasteiger charge is 2.48. The molecule has 1 aliphatic rings. The monoisotopic (exact) mass is 960 g/mol. The zero-order valence-corrected chi connectivity index (χ0v) is 42.2. The molecular weight excluding hydrogens is 863 g/mol. The molecule has 0 spiro atoms. The number of amides is 1. The molecule has 13 nitrogen and oxygen atoms in total. The summed E-state index contributed by atoms with van der Waals surface area (Å²) >= 11 is 0. The van der Waals surface area contributed by atoms with Crippen molar-refractivity contribution in [3.63, 3.8) is 0 Å². The molecule has 8 atom stereocenters. The number of unbranched alkanes of at least 4 members (excludes halogenated alkanes) is 28. The van der Waals surface area contributed by atoms with Gasteiger partial charge in [-0.25, -0.2) is 4.18 Å². The lowest BCUT2D eigenvalue weighted by Gasteiger charge is -2.41. The molecule has 1 fully saturated rings. The normalized spacial score (nSPS) is 20.8. The molecule has 0 aromatic carbocycles. The Morgan fingerprint density at radius 3 is 1.45 bits per heavy atom. The summed E-state index contributed by atoms with van der Waals surface area (Å²) in [5.74, 6) is -0.716. The van der Waals surface area contributed by atoms with E-state index in [-0.39, 0.29) is 6.42 Å². The molecule has 1 saturated heterocycles. The molecule has 0 bridgehead atoms. The minimum absolute atomic E-state index is 0.230. The van der Waals surface area contributed by atoms with Crippen LogP contribution in [0.3, 0.4) is 0 Å². The highest BCUT2D eigenvalue weighted by molar-refractivity contribution is 7.80. The zero-order chi connectivity index (χ0) is 48.5. The second-order valence-corrected chi connectivity index (χ2v) is 19.6. The molecule has 0 aromatic rings. The Balaban J connectivity index is 2.49. The van der Waals surface area contributed by atoms with E-state index in [4.69, 9.17) is 9.47 Å². The molecule has 7 N–H and O–H groups in total. The maximum absolute atomic E-state index is 13.2. The van der Waals surface area contributed by atoms with Crippen LogP contribution in [-0.2, 0) is 28.9 Å². The molecule has 1 heterocycles. The molecule has 0 saturated carbocycles. The zero-order valence-electron chi connectivity index (χ0n) is 41.4. The van der Waals surface area contributed by atoms with Crippen LogP contribution >= 0.6 is 0 Å². The Morgan fingerprint density at radius 1 is 0.606 bits per heavy atom. The van der Waals surface area contributed by atoms with Gasteiger partial charge in [0.15, 0.2) is 6.29 Å². The molecular formula is C52H97NO12S. The van der Waals surface area contributed by atoms with Crippen LogP contribution in [-0.4, -0.2) is 107 Å². The highest BCUT2D eigenvalue weighted by atomic mass is 32.3. The minimum Gasteiger partial charge on any atom is -0.394 e. The lowest BCUT2D eigenvalue weighted by atomic mass is 9.99. The maximum Gasteiger partial charge on any atom is 0.397 e. The summed E-state index contributed by atoms with van der Waals surface area (Å²) in [5, 5.41) is 55.3. The number of carbonyl (C=O) groups is 1. The molecule has 388 valence electrons. The summed E-state index contributed by atoms with van der Waals surface area (Å²) in [5.41, 5.74) is 0. The van der Waals surface area contributed by atoms with E-state index in [2.05, 4.69) is 47.7 Å². The fraction of sp³-hybridized carbons (Fsp3) is 0.865. The molecule has 1 rings (SSSR count). The molecule has 1 amide bonds. The summed E-state index contributed by atoms with van der Waals surface area (Å²) in [4.78, 5) is 13.2. The largest absolute Gasteiger partial charge is 0.397 e. The van der Waals surface area contributed by atoms with Crippen molar-refractivity contribution in [3.8, 4) is 0 Å². The fourth-order valence-corrected chi connectivity index (χ4v) is 8.80. The van der Waals surface area contributed by atoms with Crippen LogP contribution in [0, 0.1) is 0 Å². The standard InChI is InChI=1S/C52H97NO12S/c1-3-5-7-9-11-13-15-17-19-20-21-22-23-24-25-27-29-31-33-35-37-39-41-46(56)51(59)53-44(43-63-52-49(58)50(65-66(60,61)62)48(57)47(42-54)64-52)45(55)40-38-36-34-32-30-28-26-18-16-14-12-10-8-6-4-2/h24-25,30,32,38,40,44-50,52,54-58H,3-23,26-29,31,33-37,39,41-43H2,1-2H3,(H,53,59)(H,60,61,62)/b25-24-,32-30+,40-38+. The predicted octanol–water partition coefficient (Wildman–Crippen LogP) is 10.4. The number of nitrogens with one attached hydrogen (secondary N) is 1. The number of ether oxygens (including phenoxy) is 2. The number of hydrogen-bond donors (Lipinski definition) is 7. The maximum atomic E-state index is 13.2. The molecule has 14 heteroatoms. The topological polar surface area (TPSA) is 212 Å². The second kappa shape index (κ2) is 42.2. The molecule has 0 aliphatic carbocycles. The predicted molar refractivity (Wildman–Crippen MR) is 265 cm³/mol. The van der Waals surface area contributed by atoms with Crippen LogP contribution in [0.4, 0.5) is 0 Å². The fourth-order valence-electron chi connectivity index (χ4n) is 8.30. The van der Waals surface area contributed by atoms with Crippen molar-refractivity contribution in [3.05, 3.63) is 36.5 Å². The van der Waals surface area contributed by atoms with E-state index in [1.165, 1.54) is 134 Å². The first-order valence-corrected chi connectivity index (χ1v) is 27.8. The van der Waals surface area contributed by atoms with Crippen molar-refractivity contribution >= 4 is 16.3 Å². The average molecular weight is 960 g/mol. The number of aliphatic hydroxyl groups excluding tert-OH is 5. The second-order valence-electron chi connectivity index (χ2n) is 18.6. The quantitative estimate of drug-likeness (QED) is 0.0173. The summed E-state index contributed by atoms with van der Waals surface area (Å²) in [6, 6.07) is -1.14. The van der Waals surface area contributed by atoms with E-state index >= 15 is 0 Å². The molecule has 1 aliphatic heterocycles. The summed E-state index contributed by atoms with van der Waals surface area (Å²) in [6.07, 6.45) is 39.4. The van der Waals surface area contributed by atoms with Crippen LogP contribution in [0.2, 0.25) is 0 Å². The Bertz CT molecular complexity index is 1330. The molecule has 8 unspecified atom stereocenters. The van der Waals surface area contributed by atoms with Gasteiger partial charge in [0.25, 0.3) is 0 Å². The van der Waals surface area contributed by atoms with E-state index in [1.807, 2.05) is 0 Å². The van der Waals surface area contributed by atoms with Crippen molar-refractivity contribution in [1.82, 2.24) is 5.32 Å². The third-order valence-electron chi connectivity index (χ3n) is 12.5. The summed E-state index contributed by atoms with van der Waals surface area (Å²) in [7, 11) is -5.13. The van der Waals surface area contributed by atoms with Gasteiger partial charge in [-0.2, -0.15) is 8.42 Å². The van der Waals surface area contributed by atoms with Gasteiger partial charge in [0.05, 0.1) is 25.4 Å². The van der Waals surface area contributed by atoms with Crippen molar-refractivity contribution in [2.75, 3.05) is 13.2 Å². The smallest absolute Gasteiger partial charge is 0.394 e. The number of aliphatic hydroxyl groups is 5. The van der Waals surface area contributed by atoms with Crippen LogP contribution in [0.25, 0.3) is 0 Å². The first kappa shape index (κ1) is 62.3. The van der Waals surface area contributed by atoms with Crippen molar-refractivity contribution in [2.45, 2.75) is 275 Å². The van der Waals surface area contributed by atoms with Gasteiger partial charge >= 0.3 is 10.4 Å². The first-order valence-electron chi connectivity index (χ1n) is 26.5. The van der Waals surface area contributed by atoms with E-state index in [0.29, 0.717) is 12.8 Å². The average Bonchev–Trinajstić information content (AvgIpc) is 3.29. The van der Waals surface area contributed by atoms with E-state index in [0.717, 1.165) is 64.2 Å². The van der Waals surface area contributed by atoms with Gasteiger partial charge in [-0.05, 0) is 57.8 Å². The summed E-state index contributed by atoms with van der Waals surface area (Å²) < 4.78 is 47.6. The number of hydrogen-bond acceptors (Lipinski definition) is 11. The molecule has 66 heavy (non-hydrogen) atoms. The highest BCUT2D eigenvalue weighted by Crippen LogP contribution is 2.26. The third-order valence-corrected chi connectivity index (χ3v) is 13.0. The van der Waals surface area contributed by atoms with Gasteiger partial charge in [0.2, 0.25) is 5.91 Å². The Labute approximate surface area is 401 Å². The van der Waals surface area contributed by atoms with Gasteiger partial charge in [0.1, 0.15) is 30.5 Å². The van der Waals surface area contributed by atoms with Crippen LogP contribution < -0.4 is 5.32 Å². The van der Waals surface area contributed by atoms with E-state index < -0.39 is 78.5 Å². The van der Waals surface area contributed by atoms with Crippen LogP contribution in [0.1, 0.15) is 226 Å². The van der Waals surface area contributed by atoms with Gasteiger partial charge in [0, 0.05) is 0 Å². The van der Waals surface area contributed by atoms with Crippen molar-refractivity contribution in [1.29, 1.82) is 0 Å².